The molecule has 14 heteroatoms. The van der Waals surface area contributed by atoms with E-state index in [1.54, 1.807) is 4.40 Å². The summed E-state index contributed by atoms with van der Waals surface area (Å²) in [6.07, 6.45) is -2.78. The predicted octanol–water partition coefficient (Wildman–Crippen LogP) is 5.39. The topological polar surface area (TPSA) is 104 Å². The molecule has 1 saturated carbocycles. The minimum Gasteiger partial charge on any atom is -0.454 e. The fraction of sp³-hybridized carbons (Fsp3) is 0.280. The number of halogens is 6. The van der Waals surface area contributed by atoms with Gasteiger partial charge in [0.1, 0.15) is 39.6 Å². The van der Waals surface area contributed by atoms with Crippen LogP contribution in [0.15, 0.2) is 42.6 Å². The van der Waals surface area contributed by atoms with E-state index < -0.39 is 40.5 Å². The number of hydrogen-bond acceptors (Lipinski definition) is 7. The highest BCUT2D eigenvalue weighted by atomic mass is 35.5. The molecule has 2 bridgehead atoms. The lowest BCUT2D eigenvalue weighted by molar-refractivity contribution is -0.275. The van der Waals surface area contributed by atoms with Gasteiger partial charge >= 0.3 is 6.36 Å². The van der Waals surface area contributed by atoms with E-state index in [-0.39, 0.29) is 46.7 Å². The summed E-state index contributed by atoms with van der Waals surface area (Å²) in [7, 11) is 0. The predicted molar refractivity (Wildman–Crippen MR) is 128 cm³/mol. The zero-order valence-corrected chi connectivity index (χ0v) is 20.5. The Bertz CT molecular complexity index is 1620. The summed E-state index contributed by atoms with van der Waals surface area (Å²) in [5.41, 5.74) is 5.33. The van der Waals surface area contributed by atoms with Gasteiger partial charge in [0.2, 0.25) is 5.82 Å². The van der Waals surface area contributed by atoms with Crippen LogP contribution in [-0.2, 0) is 10.2 Å². The average Bonchev–Trinajstić information content (AvgIpc) is 3.54. The molecule has 2 aromatic heterocycles. The van der Waals surface area contributed by atoms with Gasteiger partial charge in [-0.2, -0.15) is 4.39 Å². The van der Waals surface area contributed by atoms with Crippen LogP contribution in [0.4, 0.5) is 27.8 Å². The lowest BCUT2D eigenvalue weighted by Gasteiger charge is -2.42. The quantitative estimate of drug-likeness (QED) is 0.300. The molecule has 39 heavy (non-hydrogen) atoms. The lowest BCUT2D eigenvalue weighted by atomic mass is 9.62. The fourth-order valence-corrected chi connectivity index (χ4v) is 5.57. The van der Waals surface area contributed by atoms with Crippen LogP contribution in [0.25, 0.3) is 16.8 Å². The first-order valence-electron chi connectivity index (χ1n) is 11.5. The molecule has 7 rings (SSSR count). The Labute approximate surface area is 221 Å². The smallest absolute Gasteiger partial charge is 0.454 e. The highest BCUT2D eigenvalue weighted by Crippen LogP contribution is 2.59. The van der Waals surface area contributed by atoms with Crippen molar-refractivity contribution in [1.29, 1.82) is 0 Å². The van der Waals surface area contributed by atoms with E-state index in [1.807, 2.05) is 0 Å². The van der Waals surface area contributed by atoms with E-state index in [0.717, 1.165) is 24.3 Å². The summed E-state index contributed by atoms with van der Waals surface area (Å²) in [5.74, 6) is -3.60. The van der Waals surface area contributed by atoms with Gasteiger partial charge in [-0.05, 0) is 37.1 Å². The molecule has 3 N–H and O–H groups in total. The number of ether oxygens (including phenoxy) is 3. The van der Waals surface area contributed by atoms with Crippen molar-refractivity contribution in [3.05, 3.63) is 65.2 Å². The molecule has 0 radical (unpaired) electrons. The van der Waals surface area contributed by atoms with Crippen LogP contribution in [0.5, 0.6) is 17.2 Å². The van der Waals surface area contributed by atoms with Crippen molar-refractivity contribution >= 4 is 22.9 Å². The number of alkyl halides is 3. The van der Waals surface area contributed by atoms with Crippen molar-refractivity contribution < 1.29 is 41.3 Å². The molecule has 2 aromatic carbocycles. The third-order valence-corrected chi connectivity index (χ3v) is 7.23. The minimum absolute atomic E-state index is 0.000413. The number of rotatable bonds is 6. The van der Waals surface area contributed by atoms with Crippen LogP contribution in [0.1, 0.15) is 18.7 Å². The maximum absolute atomic E-state index is 15.5. The van der Waals surface area contributed by atoms with E-state index in [4.69, 9.17) is 31.8 Å². The first-order valence-corrected chi connectivity index (χ1v) is 11.9. The van der Waals surface area contributed by atoms with Crippen LogP contribution in [-0.4, -0.2) is 44.7 Å². The van der Waals surface area contributed by atoms with Crippen molar-refractivity contribution in [3.8, 4) is 28.5 Å². The van der Waals surface area contributed by atoms with Crippen LogP contribution in [0.3, 0.4) is 0 Å². The van der Waals surface area contributed by atoms with Gasteiger partial charge in [-0.3, -0.25) is 4.40 Å². The van der Waals surface area contributed by atoms with Crippen molar-refractivity contribution in [2.45, 2.75) is 30.2 Å². The molecule has 3 fully saturated rings. The van der Waals surface area contributed by atoms with Gasteiger partial charge in [-0.15, -0.1) is 13.2 Å². The second-order valence-corrected chi connectivity index (χ2v) is 9.94. The van der Waals surface area contributed by atoms with E-state index in [1.165, 1.54) is 18.3 Å². The number of nitrogens with zero attached hydrogens (tertiary/aromatic N) is 3. The molecule has 0 spiro atoms. The number of aliphatic hydroxyl groups is 1. The van der Waals surface area contributed by atoms with E-state index in [2.05, 4.69) is 9.72 Å². The summed E-state index contributed by atoms with van der Waals surface area (Å²) in [6.45, 7) is 0.132. The van der Waals surface area contributed by atoms with Crippen molar-refractivity contribution in [2.24, 2.45) is 0 Å². The second-order valence-electron chi connectivity index (χ2n) is 9.56. The summed E-state index contributed by atoms with van der Waals surface area (Å²) in [6, 6.07) is 6.49. The number of benzene rings is 2. The number of aliphatic hydroxyl groups excluding tert-OH is 1. The molecule has 2 saturated heterocycles. The standard InChI is InChI=1S/C25H18ClF5N4O4/c26-17-7-33-21(32)20-19(34-22(35(17)20)23-8-24(9-23,10-36)37-11-23)13-5-4-12(6-14(13)27)38-15-2-1-3-16(18(15)28)39-25(29,30)31/h1-7,36H,8-11H2,(H2,32,33). The van der Waals surface area contributed by atoms with Gasteiger partial charge in [0.05, 0.1) is 30.4 Å². The number of anilines is 1. The Hall–Kier alpha value is -3.68. The van der Waals surface area contributed by atoms with Crippen LogP contribution < -0.4 is 15.2 Å². The van der Waals surface area contributed by atoms with Crippen LogP contribution in [0, 0.1) is 11.6 Å². The van der Waals surface area contributed by atoms with Crippen LogP contribution in [0.2, 0.25) is 5.15 Å². The highest BCUT2D eigenvalue weighted by Gasteiger charge is 2.65. The molecule has 204 valence electrons. The number of nitrogen functional groups attached to an aromatic ring is 1. The maximum Gasteiger partial charge on any atom is 0.573 e. The SMILES string of the molecule is Nc1ncc(Cl)n2c(C34COC(CO)(C3)C4)nc(-c3ccc(Oc4cccc(OC(F)(F)F)c4F)cc3F)c12. The van der Waals surface area contributed by atoms with Gasteiger partial charge in [0, 0.05) is 11.6 Å². The molecule has 1 aliphatic carbocycles. The lowest BCUT2D eigenvalue weighted by Crippen LogP contribution is -2.50. The molecule has 4 heterocycles. The summed E-state index contributed by atoms with van der Waals surface area (Å²) >= 11 is 6.47. The third kappa shape index (κ3) is 4.12. The molecule has 0 atom stereocenters. The molecule has 8 nitrogen and oxygen atoms in total. The summed E-state index contributed by atoms with van der Waals surface area (Å²) in [5, 5.41) is 9.91. The summed E-state index contributed by atoms with van der Waals surface area (Å²) in [4.78, 5) is 8.78. The molecule has 2 aliphatic heterocycles. The number of nitrogens with two attached hydrogens (primary N) is 1. The highest BCUT2D eigenvalue weighted by molar-refractivity contribution is 6.30. The average molecular weight is 569 g/mol. The molecular formula is C25H18ClF5N4O4. The Morgan fingerprint density at radius 3 is 2.56 bits per heavy atom. The zero-order chi connectivity index (χ0) is 27.7. The fourth-order valence-electron chi connectivity index (χ4n) is 5.36. The molecule has 0 amide bonds. The van der Waals surface area contributed by atoms with Gasteiger partial charge in [-0.25, -0.2) is 14.4 Å². The van der Waals surface area contributed by atoms with E-state index in [0.29, 0.717) is 18.7 Å². The van der Waals surface area contributed by atoms with Gasteiger partial charge in [0.15, 0.2) is 11.5 Å². The number of fused-ring (bicyclic) bond motifs is 2. The van der Waals surface area contributed by atoms with Crippen molar-refractivity contribution in [3.63, 3.8) is 0 Å². The molecular weight excluding hydrogens is 551 g/mol. The largest absolute Gasteiger partial charge is 0.573 e. The molecule has 0 unspecified atom stereocenters. The maximum atomic E-state index is 15.5. The first-order chi connectivity index (χ1) is 18.4. The Morgan fingerprint density at radius 2 is 1.90 bits per heavy atom. The number of imidazole rings is 1. The summed E-state index contributed by atoms with van der Waals surface area (Å²) < 4.78 is 84.0. The van der Waals surface area contributed by atoms with Gasteiger partial charge in [-0.1, -0.05) is 17.7 Å². The Kier molecular flexibility index (Phi) is 5.68. The molecule has 3 aliphatic rings. The number of hydrogen-bond donors (Lipinski definition) is 2. The van der Waals surface area contributed by atoms with E-state index >= 15 is 4.39 Å². The van der Waals surface area contributed by atoms with Crippen LogP contribution >= 0.6 is 11.6 Å². The van der Waals surface area contributed by atoms with Gasteiger partial charge < -0.3 is 25.1 Å². The van der Waals surface area contributed by atoms with Gasteiger partial charge in [0.25, 0.3) is 0 Å². The Morgan fingerprint density at radius 1 is 1.15 bits per heavy atom. The first kappa shape index (κ1) is 25.6. The van der Waals surface area contributed by atoms with Crippen molar-refractivity contribution in [1.82, 2.24) is 14.4 Å². The minimum atomic E-state index is -5.11. The Balaban J connectivity index is 1.38. The van der Waals surface area contributed by atoms with E-state index in [9.17, 15) is 22.7 Å². The number of aromatic nitrogens is 3. The third-order valence-electron chi connectivity index (χ3n) is 6.96. The monoisotopic (exact) mass is 568 g/mol. The second kappa shape index (κ2) is 8.66. The zero-order valence-electron chi connectivity index (χ0n) is 19.7. The molecule has 4 aromatic rings. The normalized spacial score (nSPS) is 22.2. The van der Waals surface area contributed by atoms with Crippen molar-refractivity contribution in [2.75, 3.05) is 18.9 Å².